The Hall–Kier alpha value is -3.75. The van der Waals surface area contributed by atoms with Gasteiger partial charge in [-0.3, -0.25) is 9.59 Å². The molecule has 1 heterocycles. The molecule has 0 saturated heterocycles. The normalized spacial score (nSPS) is 12.6. The Morgan fingerprint density at radius 3 is 2.26 bits per heavy atom. The molecule has 0 atom stereocenters. The van der Waals surface area contributed by atoms with Crippen LogP contribution in [0.3, 0.4) is 0 Å². The lowest BCUT2D eigenvalue weighted by atomic mass is 10.1. The van der Waals surface area contributed by atoms with Crippen molar-refractivity contribution in [3.63, 3.8) is 0 Å². The second kappa shape index (κ2) is 7.24. The van der Waals surface area contributed by atoms with Crippen LogP contribution >= 0.6 is 0 Å². The number of nitrogens with zero attached hydrogens (tertiary/aromatic N) is 1. The van der Waals surface area contributed by atoms with Crippen molar-refractivity contribution in [1.82, 2.24) is 10.4 Å². The van der Waals surface area contributed by atoms with Gasteiger partial charge in [0.05, 0.1) is 16.8 Å². The van der Waals surface area contributed by atoms with Crippen LogP contribution in [0, 0.1) is 5.82 Å². The fourth-order valence-corrected chi connectivity index (χ4v) is 2.54. The summed E-state index contributed by atoms with van der Waals surface area (Å²) in [6, 6.07) is 8.84. The smallest absolute Gasteiger partial charge is 0.338 e. The zero-order valence-corrected chi connectivity index (χ0v) is 14.1. The van der Waals surface area contributed by atoms with Crippen LogP contribution in [0.25, 0.3) is 0 Å². The number of amides is 4. The highest BCUT2D eigenvalue weighted by Gasteiger charge is 2.39. The maximum atomic E-state index is 14.2. The number of urea groups is 1. The van der Waals surface area contributed by atoms with Gasteiger partial charge in [0.15, 0.2) is 0 Å². The van der Waals surface area contributed by atoms with E-state index in [0.717, 1.165) is 6.07 Å². The molecule has 0 unspecified atom stereocenters. The van der Waals surface area contributed by atoms with Gasteiger partial charge < -0.3 is 15.5 Å². The summed E-state index contributed by atoms with van der Waals surface area (Å²) in [5.74, 6) is -3.95. The van der Waals surface area contributed by atoms with E-state index in [0.29, 0.717) is 6.54 Å². The van der Waals surface area contributed by atoms with Gasteiger partial charge >= 0.3 is 12.0 Å². The third-order valence-corrected chi connectivity index (χ3v) is 3.73. The van der Waals surface area contributed by atoms with Crippen LogP contribution in [0.2, 0.25) is 0 Å². The lowest BCUT2D eigenvalue weighted by Gasteiger charge is -2.15. The highest BCUT2D eigenvalue weighted by Crippen LogP contribution is 2.25. The first-order valence-electron chi connectivity index (χ1n) is 7.97. The largest absolute Gasteiger partial charge is 0.369 e. The van der Waals surface area contributed by atoms with Gasteiger partial charge in [-0.1, -0.05) is 23.3 Å². The molecule has 0 aromatic heterocycles. The van der Waals surface area contributed by atoms with Crippen LogP contribution in [0.5, 0.6) is 0 Å². The molecular weight excluding hydrogens is 357 g/mol. The van der Waals surface area contributed by atoms with Gasteiger partial charge in [-0.25, -0.2) is 14.0 Å². The Morgan fingerprint density at radius 2 is 1.67 bits per heavy atom. The van der Waals surface area contributed by atoms with E-state index in [9.17, 15) is 23.6 Å². The molecule has 9 heteroatoms. The van der Waals surface area contributed by atoms with Crippen molar-refractivity contribution in [2.75, 3.05) is 11.9 Å². The molecule has 27 heavy (non-hydrogen) atoms. The number of carbonyl (C=O) groups is 4. The molecule has 1 aliphatic heterocycles. The monoisotopic (exact) mass is 371 g/mol. The van der Waals surface area contributed by atoms with E-state index in [-0.39, 0.29) is 21.9 Å². The molecule has 0 bridgehead atoms. The van der Waals surface area contributed by atoms with Crippen molar-refractivity contribution in [3.8, 4) is 0 Å². The summed E-state index contributed by atoms with van der Waals surface area (Å²) in [7, 11) is 0. The molecule has 138 valence electrons. The van der Waals surface area contributed by atoms with E-state index in [2.05, 4.69) is 10.6 Å². The minimum atomic E-state index is -1.30. The van der Waals surface area contributed by atoms with Crippen molar-refractivity contribution < 1.29 is 28.4 Å². The Morgan fingerprint density at radius 1 is 1.04 bits per heavy atom. The number of rotatable bonds is 4. The molecule has 0 spiro atoms. The summed E-state index contributed by atoms with van der Waals surface area (Å²) in [4.78, 5) is 53.5. The van der Waals surface area contributed by atoms with Gasteiger partial charge in [0.1, 0.15) is 11.4 Å². The van der Waals surface area contributed by atoms with Gasteiger partial charge in [-0.2, -0.15) is 0 Å². The molecule has 4 amide bonds. The summed E-state index contributed by atoms with van der Waals surface area (Å²) in [6.45, 7) is 2.00. The van der Waals surface area contributed by atoms with Crippen LogP contribution < -0.4 is 10.6 Å². The molecule has 2 aromatic rings. The summed E-state index contributed by atoms with van der Waals surface area (Å²) < 4.78 is 14.2. The highest BCUT2D eigenvalue weighted by molar-refractivity contribution is 6.21. The average Bonchev–Trinajstić information content (AvgIpc) is 2.87. The number of halogens is 1. The van der Waals surface area contributed by atoms with Gasteiger partial charge in [-0.05, 0) is 31.2 Å². The number of nitrogens with one attached hydrogen (secondary N) is 2. The number of hydrogen-bond donors (Lipinski definition) is 2. The number of carbonyl (C=O) groups excluding carboxylic acids is 4. The van der Waals surface area contributed by atoms with Gasteiger partial charge in [0.25, 0.3) is 11.8 Å². The quantitative estimate of drug-likeness (QED) is 0.803. The van der Waals surface area contributed by atoms with E-state index in [1.807, 2.05) is 0 Å². The minimum absolute atomic E-state index is 0.0736. The van der Waals surface area contributed by atoms with Crippen LogP contribution in [-0.4, -0.2) is 35.4 Å². The Labute approximate surface area is 152 Å². The van der Waals surface area contributed by atoms with E-state index in [1.54, 1.807) is 19.1 Å². The fraction of sp³-hybridized carbons (Fsp3) is 0.111. The lowest BCUT2D eigenvalue weighted by Crippen LogP contribution is -2.34. The summed E-state index contributed by atoms with van der Waals surface area (Å²) in [5, 5.41) is 5.03. The van der Waals surface area contributed by atoms with Crippen LogP contribution in [-0.2, 0) is 4.84 Å². The number of fused-ring (bicyclic) bond motifs is 1. The van der Waals surface area contributed by atoms with Crippen molar-refractivity contribution in [2.45, 2.75) is 6.92 Å². The number of hydroxylamine groups is 2. The highest BCUT2D eigenvalue weighted by atomic mass is 19.1. The van der Waals surface area contributed by atoms with Crippen molar-refractivity contribution in [1.29, 1.82) is 0 Å². The van der Waals surface area contributed by atoms with E-state index in [1.165, 1.54) is 24.3 Å². The molecule has 0 saturated carbocycles. The maximum Gasteiger partial charge on any atom is 0.369 e. The number of benzene rings is 2. The average molecular weight is 371 g/mol. The zero-order valence-electron chi connectivity index (χ0n) is 14.1. The Bertz CT molecular complexity index is 925. The van der Waals surface area contributed by atoms with Crippen molar-refractivity contribution >= 4 is 29.5 Å². The SMILES string of the molecule is CCNC(=O)Nc1cccc(F)c1C(=O)ON1C(=O)c2ccccc2C1=O. The lowest BCUT2D eigenvalue weighted by molar-refractivity contribution is -0.0586. The zero-order chi connectivity index (χ0) is 19.6. The molecule has 1 aliphatic rings. The third-order valence-electron chi connectivity index (χ3n) is 3.73. The topological polar surface area (TPSA) is 105 Å². The molecule has 2 aromatic carbocycles. The standard InChI is InChI=1S/C18H14FN3O5/c1-2-20-18(26)21-13-9-5-8-12(19)14(13)17(25)27-22-15(23)10-6-3-4-7-11(10)16(22)24/h3-9H,2H2,1H3,(H2,20,21,26). The van der Waals surface area contributed by atoms with Crippen LogP contribution in [0.15, 0.2) is 42.5 Å². The van der Waals surface area contributed by atoms with Gasteiger partial charge in [0.2, 0.25) is 0 Å². The van der Waals surface area contributed by atoms with Gasteiger partial charge in [0, 0.05) is 6.54 Å². The minimum Gasteiger partial charge on any atom is -0.338 e. The van der Waals surface area contributed by atoms with Crippen molar-refractivity contribution in [2.24, 2.45) is 0 Å². The summed E-state index contributed by atoms with van der Waals surface area (Å²) in [6.07, 6.45) is 0. The molecular formula is C18H14FN3O5. The first-order chi connectivity index (χ1) is 12.9. The molecule has 0 aliphatic carbocycles. The fourth-order valence-electron chi connectivity index (χ4n) is 2.54. The van der Waals surface area contributed by atoms with E-state index < -0.39 is 35.2 Å². The second-order valence-corrected chi connectivity index (χ2v) is 5.48. The molecule has 0 fully saturated rings. The molecule has 0 radical (unpaired) electrons. The van der Waals surface area contributed by atoms with Gasteiger partial charge in [-0.15, -0.1) is 0 Å². The number of hydrogen-bond acceptors (Lipinski definition) is 5. The summed E-state index contributed by atoms with van der Waals surface area (Å²) >= 11 is 0. The third kappa shape index (κ3) is 3.34. The molecule has 2 N–H and O–H groups in total. The van der Waals surface area contributed by atoms with E-state index in [4.69, 9.17) is 4.84 Å². The number of imide groups is 1. The van der Waals surface area contributed by atoms with Crippen LogP contribution in [0.4, 0.5) is 14.9 Å². The second-order valence-electron chi connectivity index (χ2n) is 5.48. The van der Waals surface area contributed by atoms with Crippen LogP contribution in [0.1, 0.15) is 38.0 Å². The molecule has 8 nitrogen and oxygen atoms in total. The number of anilines is 1. The van der Waals surface area contributed by atoms with Crippen molar-refractivity contribution in [3.05, 3.63) is 65.0 Å². The Kier molecular flexibility index (Phi) is 4.84. The first kappa shape index (κ1) is 18.1. The molecule has 3 rings (SSSR count). The first-order valence-corrected chi connectivity index (χ1v) is 7.97. The summed E-state index contributed by atoms with van der Waals surface area (Å²) in [5.41, 5.74) is -0.628. The predicted molar refractivity (Wildman–Crippen MR) is 91.5 cm³/mol. The predicted octanol–water partition coefficient (Wildman–Crippen LogP) is 2.34. The van der Waals surface area contributed by atoms with E-state index >= 15 is 0 Å². The Balaban J connectivity index is 1.86. The maximum absolute atomic E-state index is 14.2.